The number of guanidine groups is 1. The van der Waals surface area contributed by atoms with Gasteiger partial charge in [0.1, 0.15) is 24.2 Å². The van der Waals surface area contributed by atoms with Crippen LogP contribution in [0.2, 0.25) is 0 Å². The van der Waals surface area contributed by atoms with Crippen LogP contribution in [-0.4, -0.2) is 101 Å². The number of benzene rings is 1. The first-order valence-electron chi connectivity index (χ1n) is 27.2. The number of aromatic hydroxyl groups is 1. The number of ether oxygens (including phenoxy) is 1. The van der Waals surface area contributed by atoms with Gasteiger partial charge in [0.2, 0.25) is 0 Å². The number of aromatic nitrogens is 1. The van der Waals surface area contributed by atoms with Crippen LogP contribution >= 0.6 is 21.6 Å². The molecule has 1 saturated heterocycles. The lowest BCUT2D eigenvalue weighted by Crippen LogP contribution is -2.50. The third-order valence-corrected chi connectivity index (χ3v) is 20.8. The molecule has 6 aliphatic carbocycles. The molecule has 3 aromatic rings. The number of aromatic amines is 1. The number of hydrogen-bond acceptors (Lipinski definition) is 12. The number of likely N-dealkylation sites (N-methyl/N-ethyl adjacent to an activating group) is 1. The number of allylic oxidation sites excluding steroid dienone is 2. The van der Waals surface area contributed by atoms with Gasteiger partial charge in [-0.25, -0.2) is 0 Å². The van der Waals surface area contributed by atoms with Gasteiger partial charge in [0, 0.05) is 91.4 Å². The monoisotopic (exact) mass is 1020 g/mol. The van der Waals surface area contributed by atoms with E-state index in [4.69, 9.17) is 20.6 Å². The summed E-state index contributed by atoms with van der Waals surface area (Å²) in [5.74, 6) is 9.47. The number of aliphatic imine (C=N–C) groups is 1. The molecule has 13 nitrogen and oxygen atoms in total. The molecule has 4 fully saturated rings. The predicted octanol–water partition coefficient (Wildman–Crippen LogP) is 7.83. The lowest BCUT2D eigenvalue weighted by atomic mass is 9.61. The fourth-order valence-corrected chi connectivity index (χ4v) is 17.5. The quantitative estimate of drug-likeness (QED) is 0.0255. The van der Waals surface area contributed by atoms with Crippen LogP contribution in [0.15, 0.2) is 51.9 Å². The van der Waals surface area contributed by atoms with Gasteiger partial charge in [-0.2, -0.15) is 0 Å². The van der Waals surface area contributed by atoms with E-state index in [1.165, 1.54) is 56.2 Å². The van der Waals surface area contributed by atoms with Crippen molar-refractivity contribution < 1.29 is 29.6 Å². The van der Waals surface area contributed by atoms with E-state index in [9.17, 15) is 20.4 Å². The number of phenolic OH excluding ortho intramolecular Hbond substituents is 1. The summed E-state index contributed by atoms with van der Waals surface area (Å²) < 4.78 is 12.7. The van der Waals surface area contributed by atoms with Crippen molar-refractivity contribution in [3.8, 4) is 11.5 Å². The second-order valence-electron chi connectivity index (χ2n) is 22.7. The van der Waals surface area contributed by atoms with Gasteiger partial charge >= 0.3 is 0 Å². The Hall–Kier alpha value is -3.15. The van der Waals surface area contributed by atoms with Crippen LogP contribution in [0.1, 0.15) is 142 Å². The molecule has 71 heavy (non-hydrogen) atoms. The van der Waals surface area contributed by atoms with Crippen LogP contribution in [0.5, 0.6) is 11.5 Å². The van der Waals surface area contributed by atoms with E-state index in [0.29, 0.717) is 78.6 Å². The van der Waals surface area contributed by atoms with E-state index in [1.54, 1.807) is 13.1 Å². The minimum Gasteiger partial charge on any atom is -0.504 e. The molecule has 0 amide bonds. The fraction of sp³-hybridized carbons (Fsp3) is 0.696. The number of aliphatic hydroxyl groups is 3. The molecule has 15 unspecified atom stereocenters. The van der Waals surface area contributed by atoms with Gasteiger partial charge in [0.15, 0.2) is 17.5 Å². The van der Waals surface area contributed by atoms with E-state index >= 15 is 0 Å². The minimum absolute atomic E-state index is 0.0197. The zero-order valence-corrected chi connectivity index (χ0v) is 44.4. The Morgan fingerprint density at radius 1 is 1.00 bits per heavy atom. The Labute approximate surface area is 430 Å². The third kappa shape index (κ3) is 11.7. The number of rotatable bonds is 18. The lowest BCUT2D eigenvalue weighted by Gasteiger charge is -2.46. The molecule has 12 N–H and O–H groups in total. The number of nitrogens with two attached hydrogens (primary N) is 2. The first kappa shape index (κ1) is 52.7. The molecule has 1 spiro atoms. The molecule has 15 heteroatoms. The fourth-order valence-electron chi connectivity index (χ4n) is 14.6. The van der Waals surface area contributed by atoms with E-state index in [2.05, 4.69) is 51.1 Å². The average Bonchev–Trinajstić information content (AvgIpc) is 4.05. The third-order valence-electron chi connectivity index (χ3n) is 18.3. The summed E-state index contributed by atoms with van der Waals surface area (Å²) >= 11 is 0. The van der Waals surface area contributed by atoms with Gasteiger partial charge < -0.3 is 62.0 Å². The number of hydrogen-bond donors (Lipinski definition) is 10. The van der Waals surface area contributed by atoms with Crippen molar-refractivity contribution in [2.24, 2.45) is 63.3 Å². The smallest absolute Gasteiger partial charge is 0.188 e. The SMILES string of the molecule is CN=C(N)NC1CSSCC2C(N)CC3CC(CCc4oc(CCc5ccc(O)c(OCC(O)c6cc7c([nH]6)C6C=CC8(CCCC8C6)C7C(CNC)NCC(C)O)c5)cc4CO)CCC2C3CCC1C. The lowest BCUT2D eigenvalue weighted by molar-refractivity contribution is 0.0714. The molecule has 6 bridgehead atoms. The van der Waals surface area contributed by atoms with Crippen molar-refractivity contribution in [1.82, 2.24) is 20.9 Å². The highest BCUT2D eigenvalue weighted by Crippen LogP contribution is 2.63. The molecule has 2 aromatic heterocycles. The molecule has 1 aliphatic heterocycles. The first-order chi connectivity index (χ1) is 34.4. The van der Waals surface area contributed by atoms with E-state index in [0.717, 1.165) is 78.5 Å². The number of nitrogens with one attached hydrogen (secondary N) is 4. The first-order valence-corrected chi connectivity index (χ1v) is 29.7. The van der Waals surface area contributed by atoms with Gasteiger partial charge in [-0.15, -0.1) is 0 Å². The van der Waals surface area contributed by atoms with Crippen LogP contribution in [0.25, 0.3) is 0 Å². The maximum atomic E-state index is 11.7. The summed E-state index contributed by atoms with van der Waals surface area (Å²) in [6.07, 6.45) is 18.6. The zero-order chi connectivity index (χ0) is 49.8. The number of aryl methyl sites for hydroxylation is 3. The Bertz CT molecular complexity index is 2290. The van der Waals surface area contributed by atoms with E-state index in [-0.39, 0.29) is 48.3 Å². The molecule has 0 radical (unpaired) electrons. The highest BCUT2D eigenvalue weighted by atomic mass is 33.1. The van der Waals surface area contributed by atoms with Crippen molar-refractivity contribution in [3.05, 3.63) is 82.1 Å². The number of aliphatic hydroxyl groups excluding tert-OH is 3. The van der Waals surface area contributed by atoms with Crippen LogP contribution in [0.4, 0.5) is 0 Å². The summed E-state index contributed by atoms with van der Waals surface area (Å²) in [5.41, 5.74) is 18.2. The van der Waals surface area contributed by atoms with Crippen LogP contribution in [-0.2, 0) is 25.9 Å². The number of furan rings is 1. The largest absolute Gasteiger partial charge is 0.504 e. The van der Waals surface area contributed by atoms with Crippen LogP contribution in [0, 0.1) is 46.8 Å². The zero-order valence-electron chi connectivity index (χ0n) is 42.8. The van der Waals surface area contributed by atoms with Crippen molar-refractivity contribution in [2.75, 3.05) is 45.3 Å². The summed E-state index contributed by atoms with van der Waals surface area (Å²) in [7, 11) is 7.70. The minimum atomic E-state index is -0.931. The van der Waals surface area contributed by atoms with Crippen molar-refractivity contribution >= 4 is 27.5 Å². The highest BCUT2D eigenvalue weighted by molar-refractivity contribution is 8.76. The topological polar surface area (TPSA) is 220 Å². The number of H-pyrrole nitrogens is 1. The molecular formula is C56H85N7O6S2. The molecule has 392 valence electrons. The highest BCUT2D eigenvalue weighted by Gasteiger charge is 2.55. The second-order valence-corrected chi connectivity index (χ2v) is 25.2. The summed E-state index contributed by atoms with van der Waals surface area (Å²) in [6.45, 7) is 5.41. The van der Waals surface area contributed by atoms with Gasteiger partial charge in [0.05, 0.1) is 12.7 Å². The maximum absolute atomic E-state index is 11.7. The average molecular weight is 1020 g/mol. The normalized spacial score (nSPS) is 33.0. The Morgan fingerprint density at radius 3 is 2.63 bits per heavy atom. The molecule has 7 aliphatic rings. The van der Waals surface area contributed by atoms with Crippen molar-refractivity contribution in [2.45, 2.75) is 153 Å². The van der Waals surface area contributed by atoms with E-state index < -0.39 is 12.2 Å². The van der Waals surface area contributed by atoms with Gasteiger partial charge in [0.25, 0.3) is 0 Å². The predicted molar refractivity (Wildman–Crippen MR) is 288 cm³/mol. The molecule has 15 atom stereocenters. The van der Waals surface area contributed by atoms with Crippen LogP contribution in [0.3, 0.4) is 0 Å². The van der Waals surface area contributed by atoms with Crippen molar-refractivity contribution in [3.63, 3.8) is 0 Å². The molecule has 1 aromatic carbocycles. The standard InChI is InChI=1S/C56H85N7O6S2/c1-32-7-13-41-37-20-34(9-14-42(41)44(45(57)24-37)30-70-71-31-48(32)63-55(58)60-4)11-16-51-38(28-64)23-40(69-51)12-8-35-10-15-49(66)52(21-35)68-29-50(67)46-25-43-53(47(27-59-3)61-26-33(2)65)56-18-5-6-39(56)22-36(17-19-56)54(43)62-46/h10,15,17,19,21,23,25,32-34,36-37,39,41-42,44-45,47-48,50,53,59,61-62,64-67H,5-9,11-14,16,18,20,22,24,26-31,57H2,1-4H3,(H3,58,60,63). The summed E-state index contributed by atoms with van der Waals surface area (Å²) in [5, 5.41) is 54.0. The molecule has 3 saturated carbocycles. The molecular weight excluding hydrogens is 931 g/mol. The Kier molecular flexibility index (Phi) is 17.5. The summed E-state index contributed by atoms with van der Waals surface area (Å²) in [6, 6.07) is 10.3. The Balaban J connectivity index is 0.814. The van der Waals surface area contributed by atoms with E-state index in [1.807, 2.05) is 53.8 Å². The molecule has 3 heterocycles. The Morgan fingerprint density at radius 2 is 1.83 bits per heavy atom. The number of nitrogens with zero attached hydrogens (tertiary/aromatic N) is 1. The summed E-state index contributed by atoms with van der Waals surface area (Å²) in [4.78, 5) is 7.87. The number of phenols is 1. The second kappa shape index (κ2) is 23.6. The van der Waals surface area contributed by atoms with Gasteiger partial charge in [-0.05, 0) is 160 Å². The molecule has 10 rings (SSSR count). The maximum Gasteiger partial charge on any atom is 0.188 e. The van der Waals surface area contributed by atoms with Crippen LogP contribution < -0.4 is 32.2 Å². The van der Waals surface area contributed by atoms with Crippen molar-refractivity contribution in [1.29, 1.82) is 0 Å². The van der Waals surface area contributed by atoms with Gasteiger partial charge in [-0.3, -0.25) is 4.99 Å². The van der Waals surface area contributed by atoms with Gasteiger partial charge in [-0.1, -0.05) is 59.6 Å².